The van der Waals surface area contributed by atoms with Gasteiger partial charge in [-0.15, -0.1) is 0 Å². The van der Waals surface area contributed by atoms with Crippen LogP contribution in [0.5, 0.6) is 0 Å². The second-order valence-electron chi connectivity index (χ2n) is 7.52. The molecular weight excluding hydrogens is 354 g/mol. The predicted molar refractivity (Wildman–Crippen MR) is 106 cm³/mol. The van der Waals surface area contributed by atoms with Gasteiger partial charge in [-0.2, -0.15) is 5.10 Å². The second kappa shape index (κ2) is 8.14. The molecule has 0 radical (unpaired) electrons. The Morgan fingerprint density at radius 1 is 1.11 bits per heavy atom. The third-order valence-electron chi connectivity index (χ3n) is 5.40. The Balaban J connectivity index is 1.39. The minimum Gasteiger partial charge on any atom is -0.352 e. The van der Waals surface area contributed by atoms with Crippen LogP contribution in [0.4, 0.5) is 0 Å². The van der Waals surface area contributed by atoms with E-state index in [2.05, 4.69) is 15.3 Å². The van der Waals surface area contributed by atoms with Crippen molar-refractivity contribution in [3.8, 4) is 5.69 Å². The molecule has 1 N–H and O–H groups in total. The van der Waals surface area contributed by atoms with Gasteiger partial charge in [-0.1, -0.05) is 25.1 Å². The van der Waals surface area contributed by atoms with Crippen molar-refractivity contribution in [1.29, 1.82) is 0 Å². The van der Waals surface area contributed by atoms with Crippen LogP contribution in [-0.2, 0) is 11.2 Å². The van der Waals surface area contributed by atoms with Crippen LogP contribution in [0.15, 0.2) is 36.5 Å². The van der Waals surface area contributed by atoms with Gasteiger partial charge in [0.2, 0.25) is 5.91 Å². The molecular formula is C21H27N5O2. The van der Waals surface area contributed by atoms with E-state index in [0.29, 0.717) is 31.2 Å². The monoisotopic (exact) mass is 381 g/mol. The average molecular weight is 381 g/mol. The number of carbonyl (C=O) groups excluding carboxylic acids is 2. The van der Waals surface area contributed by atoms with Crippen molar-refractivity contribution in [3.05, 3.63) is 47.8 Å². The summed E-state index contributed by atoms with van der Waals surface area (Å²) in [7, 11) is 0. The zero-order valence-corrected chi connectivity index (χ0v) is 16.3. The number of carbonyl (C=O) groups is 2. The summed E-state index contributed by atoms with van der Waals surface area (Å²) in [6.45, 7) is 5.18. The molecule has 1 aliphatic heterocycles. The molecule has 0 atom stereocenters. The van der Waals surface area contributed by atoms with Crippen molar-refractivity contribution < 1.29 is 9.59 Å². The molecule has 2 amide bonds. The lowest BCUT2D eigenvalue weighted by Crippen LogP contribution is -2.51. The van der Waals surface area contributed by atoms with E-state index in [1.54, 1.807) is 6.20 Å². The largest absolute Gasteiger partial charge is 0.352 e. The third-order valence-corrected chi connectivity index (χ3v) is 5.40. The zero-order valence-electron chi connectivity index (χ0n) is 16.3. The summed E-state index contributed by atoms with van der Waals surface area (Å²) in [5.74, 6) is 0.126. The van der Waals surface area contributed by atoms with Gasteiger partial charge < -0.3 is 10.2 Å². The lowest BCUT2D eigenvalue weighted by atomic mass is 10.1. The van der Waals surface area contributed by atoms with Crippen molar-refractivity contribution >= 4 is 11.8 Å². The molecule has 1 saturated carbocycles. The lowest BCUT2D eigenvalue weighted by Gasteiger charge is -2.34. The van der Waals surface area contributed by atoms with E-state index in [4.69, 9.17) is 0 Å². The summed E-state index contributed by atoms with van der Waals surface area (Å²) in [4.78, 5) is 29.1. The molecule has 0 spiro atoms. The molecule has 2 heterocycles. The summed E-state index contributed by atoms with van der Waals surface area (Å²) >= 11 is 0. The van der Waals surface area contributed by atoms with Crippen LogP contribution in [0, 0.1) is 0 Å². The Morgan fingerprint density at radius 2 is 1.82 bits per heavy atom. The molecule has 0 bridgehead atoms. The van der Waals surface area contributed by atoms with Crippen LogP contribution in [0.25, 0.3) is 5.69 Å². The maximum Gasteiger partial charge on any atom is 0.257 e. The SMILES string of the molecule is CCc1c(C(=O)N2CCN(CC(=O)NC3CC3)CC2)cnn1-c1ccccc1. The number of hydrogen-bond acceptors (Lipinski definition) is 4. The molecule has 1 saturated heterocycles. The Kier molecular flexibility index (Phi) is 5.43. The van der Waals surface area contributed by atoms with E-state index < -0.39 is 0 Å². The van der Waals surface area contributed by atoms with Crippen LogP contribution >= 0.6 is 0 Å². The smallest absolute Gasteiger partial charge is 0.257 e. The molecule has 148 valence electrons. The van der Waals surface area contributed by atoms with Gasteiger partial charge in [0.15, 0.2) is 0 Å². The van der Waals surface area contributed by atoms with E-state index in [0.717, 1.165) is 43.7 Å². The van der Waals surface area contributed by atoms with Crippen molar-refractivity contribution in [3.63, 3.8) is 0 Å². The maximum absolute atomic E-state index is 13.1. The Labute approximate surface area is 165 Å². The molecule has 1 aromatic carbocycles. The fourth-order valence-electron chi connectivity index (χ4n) is 3.67. The van der Waals surface area contributed by atoms with Crippen LogP contribution in [-0.4, -0.2) is 70.2 Å². The molecule has 28 heavy (non-hydrogen) atoms. The van der Waals surface area contributed by atoms with Crippen LogP contribution in [0.1, 0.15) is 35.8 Å². The van der Waals surface area contributed by atoms with E-state index in [1.165, 1.54) is 0 Å². The van der Waals surface area contributed by atoms with E-state index in [1.807, 2.05) is 46.8 Å². The van der Waals surface area contributed by atoms with Gasteiger partial charge >= 0.3 is 0 Å². The highest BCUT2D eigenvalue weighted by atomic mass is 16.2. The molecule has 1 aromatic heterocycles. The molecule has 4 rings (SSSR count). The highest BCUT2D eigenvalue weighted by molar-refractivity contribution is 5.95. The molecule has 7 nitrogen and oxygen atoms in total. The third kappa shape index (κ3) is 4.09. The molecule has 2 aromatic rings. The summed E-state index contributed by atoms with van der Waals surface area (Å²) in [6.07, 6.45) is 4.62. The van der Waals surface area contributed by atoms with Gasteiger partial charge in [0.05, 0.1) is 29.7 Å². The number of nitrogens with zero attached hydrogens (tertiary/aromatic N) is 4. The van der Waals surface area contributed by atoms with E-state index in [9.17, 15) is 9.59 Å². The topological polar surface area (TPSA) is 70.5 Å². The summed E-state index contributed by atoms with van der Waals surface area (Å²) in [5.41, 5.74) is 2.57. The Morgan fingerprint density at radius 3 is 2.46 bits per heavy atom. The van der Waals surface area contributed by atoms with Gasteiger partial charge in [-0.25, -0.2) is 4.68 Å². The molecule has 2 fully saturated rings. The first-order valence-corrected chi connectivity index (χ1v) is 10.1. The summed E-state index contributed by atoms with van der Waals surface area (Å²) < 4.78 is 1.85. The summed E-state index contributed by atoms with van der Waals surface area (Å²) in [5, 5.41) is 7.49. The second-order valence-corrected chi connectivity index (χ2v) is 7.52. The predicted octanol–water partition coefficient (Wildman–Crippen LogP) is 1.47. The zero-order chi connectivity index (χ0) is 19.5. The number of amides is 2. The Hall–Kier alpha value is -2.67. The van der Waals surface area contributed by atoms with Gasteiger partial charge in [0.1, 0.15) is 0 Å². The van der Waals surface area contributed by atoms with Crippen LogP contribution < -0.4 is 5.32 Å². The normalized spacial score (nSPS) is 17.5. The van der Waals surface area contributed by atoms with Gasteiger partial charge in [0, 0.05) is 32.2 Å². The van der Waals surface area contributed by atoms with Crippen LogP contribution in [0.3, 0.4) is 0 Å². The first kappa shape index (κ1) is 18.7. The fraction of sp³-hybridized carbons (Fsp3) is 0.476. The van der Waals surface area contributed by atoms with E-state index >= 15 is 0 Å². The van der Waals surface area contributed by atoms with E-state index in [-0.39, 0.29) is 11.8 Å². The van der Waals surface area contributed by atoms with Crippen molar-refractivity contribution in [2.45, 2.75) is 32.2 Å². The minimum atomic E-state index is 0.0288. The number of nitrogens with one attached hydrogen (secondary N) is 1. The quantitative estimate of drug-likeness (QED) is 0.823. The number of piperazine rings is 1. The first-order chi connectivity index (χ1) is 13.7. The van der Waals surface area contributed by atoms with Crippen molar-refractivity contribution in [2.24, 2.45) is 0 Å². The molecule has 0 unspecified atom stereocenters. The lowest BCUT2D eigenvalue weighted by molar-refractivity contribution is -0.122. The highest BCUT2D eigenvalue weighted by Gasteiger charge is 2.28. The average Bonchev–Trinajstić information content (AvgIpc) is 3.42. The highest BCUT2D eigenvalue weighted by Crippen LogP contribution is 2.19. The first-order valence-electron chi connectivity index (χ1n) is 10.1. The number of aromatic nitrogens is 2. The maximum atomic E-state index is 13.1. The van der Waals surface area contributed by atoms with Gasteiger partial charge in [0.25, 0.3) is 5.91 Å². The van der Waals surface area contributed by atoms with Crippen molar-refractivity contribution in [2.75, 3.05) is 32.7 Å². The fourth-order valence-corrected chi connectivity index (χ4v) is 3.67. The van der Waals surface area contributed by atoms with Crippen LogP contribution in [0.2, 0.25) is 0 Å². The number of para-hydroxylation sites is 1. The minimum absolute atomic E-state index is 0.0288. The standard InChI is InChI=1S/C21H27N5O2/c1-2-19-18(14-22-26(19)17-6-4-3-5-7-17)21(28)25-12-10-24(11-13-25)15-20(27)23-16-8-9-16/h3-7,14,16H,2,8-13,15H2,1H3,(H,23,27). The van der Waals surface area contributed by atoms with Gasteiger partial charge in [-0.05, 0) is 31.4 Å². The molecule has 2 aliphatic rings. The molecule has 1 aliphatic carbocycles. The summed E-state index contributed by atoms with van der Waals surface area (Å²) in [6, 6.07) is 10.3. The Bertz CT molecular complexity index is 836. The van der Waals surface area contributed by atoms with Gasteiger partial charge in [-0.3, -0.25) is 14.5 Å². The number of rotatable bonds is 6. The molecule has 7 heteroatoms. The number of hydrogen-bond donors (Lipinski definition) is 1. The van der Waals surface area contributed by atoms with Crippen molar-refractivity contribution in [1.82, 2.24) is 24.9 Å². The number of benzene rings is 1.